The molecule has 0 spiro atoms. The van der Waals surface area contributed by atoms with E-state index >= 15 is 0 Å². The SMILES string of the molecule is CCC(F)C(=O)N[C@@H]1CN(C(=O)CCN2C(=O)CCC2=O)C[C@H]1C(F)(F)F. The van der Waals surface area contributed by atoms with Crippen LogP contribution in [0.25, 0.3) is 0 Å². The summed E-state index contributed by atoms with van der Waals surface area (Å²) in [6, 6.07) is -1.44. The summed E-state index contributed by atoms with van der Waals surface area (Å²) in [5, 5.41) is 2.04. The molecule has 7 nitrogen and oxygen atoms in total. The maximum atomic E-state index is 13.4. The first-order chi connectivity index (χ1) is 12.5. The molecule has 2 heterocycles. The van der Waals surface area contributed by atoms with Gasteiger partial charge >= 0.3 is 6.18 Å². The lowest BCUT2D eigenvalue weighted by molar-refractivity contribution is -0.176. The van der Waals surface area contributed by atoms with Crippen LogP contribution in [0.5, 0.6) is 0 Å². The Balaban J connectivity index is 1.99. The fourth-order valence-corrected chi connectivity index (χ4v) is 3.18. The number of amides is 4. The van der Waals surface area contributed by atoms with Gasteiger partial charge in [-0.25, -0.2) is 4.39 Å². The highest BCUT2D eigenvalue weighted by molar-refractivity contribution is 6.02. The van der Waals surface area contributed by atoms with Crippen molar-refractivity contribution < 1.29 is 36.7 Å². The third-order valence-electron chi connectivity index (χ3n) is 4.77. The van der Waals surface area contributed by atoms with Crippen molar-refractivity contribution in [1.82, 2.24) is 15.1 Å². The fourth-order valence-electron chi connectivity index (χ4n) is 3.18. The molecule has 1 unspecified atom stereocenters. The second-order valence-electron chi connectivity index (χ2n) is 6.63. The van der Waals surface area contributed by atoms with Crippen molar-refractivity contribution in [3.05, 3.63) is 0 Å². The molecule has 0 bridgehead atoms. The van der Waals surface area contributed by atoms with E-state index in [0.29, 0.717) is 0 Å². The number of alkyl halides is 4. The van der Waals surface area contributed by atoms with Gasteiger partial charge in [0.1, 0.15) is 0 Å². The maximum Gasteiger partial charge on any atom is 0.395 e. The Labute approximate surface area is 153 Å². The molecule has 1 N–H and O–H groups in total. The maximum absolute atomic E-state index is 13.4. The van der Waals surface area contributed by atoms with Gasteiger partial charge in [-0.1, -0.05) is 6.92 Å². The summed E-state index contributed by atoms with van der Waals surface area (Å²) in [5.74, 6) is -4.65. The number of carbonyl (C=O) groups excluding carboxylic acids is 4. The zero-order chi connectivity index (χ0) is 20.4. The molecule has 0 aromatic rings. The summed E-state index contributed by atoms with van der Waals surface area (Å²) in [4.78, 5) is 48.7. The average molecular weight is 395 g/mol. The summed E-state index contributed by atoms with van der Waals surface area (Å²) in [6.07, 6.45) is -6.95. The minimum Gasteiger partial charge on any atom is -0.348 e. The van der Waals surface area contributed by atoms with Crippen molar-refractivity contribution in [2.24, 2.45) is 5.92 Å². The second-order valence-corrected chi connectivity index (χ2v) is 6.63. The van der Waals surface area contributed by atoms with Crippen LogP contribution in [-0.2, 0) is 19.2 Å². The van der Waals surface area contributed by atoms with E-state index in [1.807, 2.05) is 5.32 Å². The van der Waals surface area contributed by atoms with Crippen molar-refractivity contribution in [2.75, 3.05) is 19.6 Å². The average Bonchev–Trinajstić information content (AvgIpc) is 3.16. The van der Waals surface area contributed by atoms with Gasteiger partial charge in [0.05, 0.1) is 12.0 Å². The summed E-state index contributed by atoms with van der Waals surface area (Å²) >= 11 is 0. The number of rotatable bonds is 6. The predicted octanol–water partition coefficient (Wildman–Crippen LogP) is 0.779. The van der Waals surface area contributed by atoms with Crippen LogP contribution in [0.3, 0.4) is 0 Å². The molecule has 0 aromatic carbocycles. The standard InChI is InChI=1S/C16H21F4N3O4/c1-2-10(17)15(27)21-11-8-22(7-9(11)16(18,19)20)12(24)5-6-23-13(25)3-4-14(23)26/h9-11H,2-8H2,1H3,(H,21,27)/t9-,10?,11-/m1/s1. The molecule has 2 aliphatic heterocycles. The molecule has 11 heteroatoms. The molecule has 4 amide bonds. The molecule has 152 valence electrons. The monoisotopic (exact) mass is 395 g/mol. The van der Waals surface area contributed by atoms with E-state index in [1.54, 1.807) is 0 Å². The van der Waals surface area contributed by atoms with Crippen molar-refractivity contribution in [1.29, 1.82) is 0 Å². The smallest absolute Gasteiger partial charge is 0.348 e. The highest BCUT2D eigenvalue weighted by Gasteiger charge is 2.51. The van der Waals surface area contributed by atoms with E-state index in [9.17, 15) is 36.7 Å². The largest absolute Gasteiger partial charge is 0.395 e. The zero-order valence-corrected chi connectivity index (χ0v) is 14.7. The number of carbonyl (C=O) groups is 4. The molecule has 0 aromatic heterocycles. The number of hydrogen-bond donors (Lipinski definition) is 1. The van der Waals surface area contributed by atoms with Crippen LogP contribution >= 0.6 is 0 Å². The Kier molecular flexibility index (Phi) is 6.42. The molecule has 0 radical (unpaired) electrons. The summed E-state index contributed by atoms with van der Waals surface area (Å²) in [7, 11) is 0. The molecule has 0 saturated carbocycles. The van der Waals surface area contributed by atoms with Crippen LogP contribution < -0.4 is 5.32 Å². The van der Waals surface area contributed by atoms with Gasteiger partial charge in [0.15, 0.2) is 6.17 Å². The molecular formula is C16H21F4N3O4. The van der Waals surface area contributed by atoms with Gasteiger partial charge in [0, 0.05) is 38.9 Å². The first-order valence-corrected chi connectivity index (χ1v) is 8.66. The molecule has 27 heavy (non-hydrogen) atoms. The third-order valence-corrected chi connectivity index (χ3v) is 4.77. The van der Waals surface area contributed by atoms with E-state index in [1.165, 1.54) is 6.92 Å². The summed E-state index contributed by atoms with van der Waals surface area (Å²) < 4.78 is 53.1. The molecule has 0 aliphatic carbocycles. The highest BCUT2D eigenvalue weighted by atomic mass is 19.4. The Hall–Kier alpha value is -2.20. The Morgan fingerprint density at radius 1 is 1.19 bits per heavy atom. The van der Waals surface area contributed by atoms with Gasteiger partial charge in [0.25, 0.3) is 5.91 Å². The third kappa shape index (κ3) is 4.95. The Morgan fingerprint density at radius 2 is 1.78 bits per heavy atom. The van der Waals surface area contributed by atoms with E-state index in [2.05, 4.69) is 0 Å². The van der Waals surface area contributed by atoms with Crippen LogP contribution in [0.1, 0.15) is 32.6 Å². The zero-order valence-electron chi connectivity index (χ0n) is 14.7. The second kappa shape index (κ2) is 8.22. The molecule has 2 rings (SSSR count). The molecule has 3 atom stereocenters. The number of nitrogens with zero attached hydrogens (tertiary/aromatic N) is 2. The van der Waals surface area contributed by atoms with Crippen LogP contribution in [0.4, 0.5) is 17.6 Å². The lowest BCUT2D eigenvalue weighted by atomic mass is 10.0. The quantitative estimate of drug-likeness (QED) is 0.532. The van der Waals surface area contributed by atoms with Gasteiger partial charge in [-0.3, -0.25) is 24.1 Å². The lowest BCUT2D eigenvalue weighted by Crippen LogP contribution is -2.47. The predicted molar refractivity (Wildman–Crippen MR) is 83.8 cm³/mol. The minimum absolute atomic E-state index is 0.0584. The topological polar surface area (TPSA) is 86.8 Å². The van der Waals surface area contributed by atoms with Crippen LogP contribution in [-0.4, -0.2) is 71.5 Å². The van der Waals surface area contributed by atoms with Crippen LogP contribution in [0.15, 0.2) is 0 Å². The minimum atomic E-state index is -4.67. The normalized spacial score (nSPS) is 24.5. The summed E-state index contributed by atoms with van der Waals surface area (Å²) in [6.45, 7) is 0.116. The van der Waals surface area contributed by atoms with Gasteiger partial charge in [0.2, 0.25) is 17.7 Å². The number of halogens is 4. The van der Waals surface area contributed by atoms with Gasteiger partial charge < -0.3 is 10.2 Å². The summed E-state index contributed by atoms with van der Waals surface area (Å²) in [5.41, 5.74) is 0. The van der Waals surface area contributed by atoms with E-state index in [4.69, 9.17) is 0 Å². The van der Waals surface area contributed by atoms with E-state index in [-0.39, 0.29) is 32.2 Å². The molecule has 2 fully saturated rings. The van der Waals surface area contributed by atoms with Crippen molar-refractivity contribution in [2.45, 2.75) is 51.0 Å². The van der Waals surface area contributed by atoms with E-state index < -0.39 is 61.0 Å². The van der Waals surface area contributed by atoms with Crippen LogP contribution in [0, 0.1) is 5.92 Å². The number of nitrogens with one attached hydrogen (secondary N) is 1. The highest BCUT2D eigenvalue weighted by Crippen LogP contribution is 2.34. The first kappa shape index (κ1) is 21.1. The van der Waals surface area contributed by atoms with Crippen molar-refractivity contribution >= 4 is 23.6 Å². The van der Waals surface area contributed by atoms with Crippen LogP contribution in [0.2, 0.25) is 0 Å². The van der Waals surface area contributed by atoms with E-state index in [0.717, 1.165) is 9.80 Å². The molecule has 2 aliphatic rings. The van der Waals surface area contributed by atoms with Crippen molar-refractivity contribution in [3.8, 4) is 0 Å². The Bertz CT molecular complexity index is 609. The lowest BCUT2D eigenvalue weighted by Gasteiger charge is -2.22. The Morgan fingerprint density at radius 3 is 2.30 bits per heavy atom. The fraction of sp³-hybridized carbons (Fsp3) is 0.750. The number of hydrogen-bond acceptors (Lipinski definition) is 4. The van der Waals surface area contributed by atoms with Gasteiger partial charge in [-0.15, -0.1) is 0 Å². The van der Waals surface area contributed by atoms with Gasteiger partial charge in [-0.2, -0.15) is 13.2 Å². The molecule has 2 saturated heterocycles. The van der Waals surface area contributed by atoms with Crippen molar-refractivity contribution in [3.63, 3.8) is 0 Å². The number of likely N-dealkylation sites (tertiary alicyclic amines) is 2. The number of imide groups is 1. The van der Waals surface area contributed by atoms with Gasteiger partial charge in [-0.05, 0) is 6.42 Å². The first-order valence-electron chi connectivity index (χ1n) is 8.66. The molecular weight excluding hydrogens is 374 g/mol.